The van der Waals surface area contributed by atoms with E-state index in [0.29, 0.717) is 36.1 Å². The van der Waals surface area contributed by atoms with Gasteiger partial charge in [-0.2, -0.15) is 0 Å². The number of aliphatic imine (C=N–C) groups is 1. The Morgan fingerprint density at radius 1 is 1.14 bits per heavy atom. The maximum Gasteiger partial charge on any atom is 0.308 e. The van der Waals surface area contributed by atoms with Crippen LogP contribution in [0.2, 0.25) is 0 Å². The van der Waals surface area contributed by atoms with Crippen molar-refractivity contribution in [1.29, 1.82) is 0 Å². The topological polar surface area (TPSA) is 72.0 Å². The molecule has 1 saturated heterocycles. The van der Waals surface area contributed by atoms with Crippen LogP contribution in [0.3, 0.4) is 0 Å². The molecule has 1 spiro atoms. The quantitative estimate of drug-likeness (QED) is 0.260. The standard InChI is InChI=1S/C21H35N3O3.HI/c1-3-22-20(23-15-8-6-14(7-9-15)19(25)26-4-2)24-17-16-10-13-27-18(16)21(17)11-5-12-21;/h14-18H,3-13H2,1-2H3,(H2,22,23,24);1H. The first-order chi connectivity index (χ1) is 13.2. The van der Waals surface area contributed by atoms with E-state index in [-0.39, 0.29) is 35.9 Å². The highest BCUT2D eigenvalue weighted by Gasteiger charge is 2.66. The summed E-state index contributed by atoms with van der Waals surface area (Å²) in [7, 11) is 0. The Morgan fingerprint density at radius 3 is 2.50 bits per heavy atom. The second-order valence-corrected chi connectivity index (χ2v) is 8.72. The normalized spacial score (nSPS) is 35.8. The van der Waals surface area contributed by atoms with Crippen LogP contribution in [0.1, 0.15) is 65.2 Å². The lowest BCUT2D eigenvalue weighted by Gasteiger charge is -2.63. The fourth-order valence-electron chi connectivity index (χ4n) is 5.82. The summed E-state index contributed by atoms with van der Waals surface area (Å²) in [5, 5.41) is 7.45. The highest BCUT2D eigenvalue weighted by Crippen LogP contribution is 2.62. The monoisotopic (exact) mass is 505 g/mol. The molecule has 2 N–H and O–H groups in total. The minimum Gasteiger partial charge on any atom is -0.466 e. The summed E-state index contributed by atoms with van der Waals surface area (Å²) >= 11 is 0. The molecule has 160 valence electrons. The van der Waals surface area contributed by atoms with Crippen LogP contribution in [0.5, 0.6) is 0 Å². The molecule has 4 rings (SSSR count). The number of halogens is 1. The number of carbonyl (C=O) groups excluding carboxylic acids is 1. The average molecular weight is 505 g/mol. The van der Waals surface area contributed by atoms with Gasteiger partial charge in [0.1, 0.15) is 0 Å². The van der Waals surface area contributed by atoms with Gasteiger partial charge in [0.15, 0.2) is 5.96 Å². The van der Waals surface area contributed by atoms with Gasteiger partial charge in [-0.05, 0) is 58.8 Å². The number of guanidine groups is 1. The van der Waals surface area contributed by atoms with E-state index < -0.39 is 0 Å². The van der Waals surface area contributed by atoms with Gasteiger partial charge in [-0.25, -0.2) is 0 Å². The van der Waals surface area contributed by atoms with Crippen LogP contribution in [-0.2, 0) is 14.3 Å². The Labute approximate surface area is 186 Å². The molecule has 3 atom stereocenters. The highest BCUT2D eigenvalue weighted by molar-refractivity contribution is 14.0. The van der Waals surface area contributed by atoms with E-state index >= 15 is 0 Å². The zero-order valence-corrected chi connectivity index (χ0v) is 19.6. The second kappa shape index (κ2) is 9.49. The summed E-state index contributed by atoms with van der Waals surface area (Å²) in [6.07, 6.45) is 9.36. The molecule has 3 unspecified atom stereocenters. The van der Waals surface area contributed by atoms with Crippen molar-refractivity contribution < 1.29 is 14.3 Å². The number of nitrogens with one attached hydrogen (secondary N) is 2. The van der Waals surface area contributed by atoms with Crippen LogP contribution < -0.4 is 10.6 Å². The van der Waals surface area contributed by atoms with E-state index in [2.05, 4.69) is 17.6 Å². The minimum atomic E-state index is -0.0230. The first-order valence-electron chi connectivity index (χ1n) is 11.0. The molecule has 28 heavy (non-hydrogen) atoms. The SMILES string of the molecule is CCN=C(NC1CCC(C(=O)OCC)CC1)NC1C2CCOC2C12CCC2.I. The van der Waals surface area contributed by atoms with Crippen LogP contribution in [0, 0.1) is 17.3 Å². The van der Waals surface area contributed by atoms with Gasteiger partial charge in [0.2, 0.25) is 0 Å². The third kappa shape index (κ3) is 4.02. The molecule has 0 radical (unpaired) electrons. The van der Waals surface area contributed by atoms with Crippen molar-refractivity contribution in [2.45, 2.75) is 83.4 Å². The summed E-state index contributed by atoms with van der Waals surface area (Å²) in [4.78, 5) is 16.7. The van der Waals surface area contributed by atoms with Gasteiger partial charge in [0.25, 0.3) is 0 Å². The molecule has 3 aliphatic carbocycles. The Hall–Kier alpha value is -0.570. The van der Waals surface area contributed by atoms with Crippen molar-refractivity contribution >= 4 is 35.9 Å². The van der Waals surface area contributed by atoms with E-state index in [1.165, 1.54) is 25.7 Å². The molecule has 0 aromatic carbocycles. The van der Waals surface area contributed by atoms with E-state index in [9.17, 15) is 4.79 Å². The maximum absolute atomic E-state index is 11.9. The Morgan fingerprint density at radius 2 is 1.89 bits per heavy atom. The number of fused-ring (bicyclic) bond motifs is 2. The first kappa shape index (κ1) is 22.1. The van der Waals surface area contributed by atoms with E-state index in [1.807, 2.05) is 6.92 Å². The first-order valence-corrected chi connectivity index (χ1v) is 11.0. The van der Waals surface area contributed by atoms with Crippen molar-refractivity contribution in [2.24, 2.45) is 22.2 Å². The van der Waals surface area contributed by atoms with Gasteiger partial charge in [-0.15, -0.1) is 24.0 Å². The van der Waals surface area contributed by atoms with E-state index in [4.69, 9.17) is 14.5 Å². The number of rotatable bonds is 5. The summed E-state index contributed by atoms with van der Waals surface area (Å²) in [6, 6.07) is 0.897. The Bertz CT molecular complexity index is 573. The van der Waals surface area contributed by atoms with Gasteiger partial charge >= 0.3 is 5.97 Å². The molecular weight excluding hydrogens is 469 g/mol. The lowest BCUT2D eigenvalue weighted by atomic mass is 9.46. The third-order valence-corrected chi connectivity index (χ3v) is 7.33. The molecule has 6 nitrogen and oxygen atoms in total. The molecule has 1 aliphatic heterocycles. The van der Waals surface area contributed by atoms with Gasteiger partial charge < -0.3 is 20.1 Å². The van der Waals surface area contributed by atoms with Gasteiger partial charge in [0.05, 0.1) is 18.6 Å². The second-order valence-electron chi connectivity index (χ2n) is 8.72. The predicted octanol–water partition coefficient (Wildman–Crippen LogP) is 3.24. The van der Waals surface area contributed by atoms with Crippen molar-refractivity contribution in [3.63, 3.8) is 0 Å². The van der Waals surface area contributed by atoms with Crippen molar-refractivity contribution in [2.75, 3.05) is 19.8 Å². The summed E-state index contributed by atoms with van der Waals surface area (Å²) in [5.74, 6) is 1.65. The molecule has 0 aromatic rings. The molecule has 0 bridgehead atoms. The number of esters is 1. The molecule has 1 heterocycles. The molecule has 4 fully saturated rings. The van der Waals surface area contributed by atoms with Crippen LogP contribution >= 0.6 is 24.0 Å². The van der Waals surface area contributed by atoms with Crippen LogP contribution in [-0.4, -0.2) is 49.9 Å². The number of carbonyl (C=O) groups is 1. The zero-order valence-electron chi connectivity index (χ0n) is 17.2. The molecule has 7 heteroatoms. The predicted molar refractivity (Wildman–Crippen MR) is 120 cm³/mol. The van der Waals surface area contributed by atoms with E-state index in [1.54, 1.807) is 0 Å². The minimum absolute atomic E-state index is 0. The fourth-order valence-corrected chi connectivity index (χ4v) is 5.82. The van der Waals surface area contributed by atoms with E-state index in [0.717, 1.165) is 44.8 Å². The van der Waals surface area contributed by atoms with Crippen LogP contribution in [0.25, 0.3) is 0 Å². The fraction of sp³-hybridized carbons (Fsp3) is 0.905. The smallest absolute Gasteiger partial charge is 0.308 e. The average Bonchev–Trinajstić information content (AvgIpc) is 3.04. The van der Waals surface area contributed by atoms with Crippen molar-refractivity contribution in [3.05, 3.63) is 0 Å². The van der Waals surface area contributed by atoms with Crippen LogP contribution in [0.15, 0.2) is 4.99 Å². The third-order valence-electron chi connectivity index (χ3n) is 7.33. The summed E-state index contributed by atoms with van der Waals surface area (Å²) in [5.41, 5.74) is 0.360. The summed E-state index contributed by atoms with van der Waals surface area (Å²) in [6.45, 7) is 6.13. The number of nitrogens with zero attached hydrogens (tertiary/aromatic N) is 1. The largest absolute Gasteiger partial charge is 0.466 e. The van der Waals surface area contributed by atoms with Crippen molar-refractivity contribution in [1.82, 2.24) is 10.6 Å². The van der Waals surface area contributed by atoms with Gasteiger partial charge in [0, 0.05) is 36.6 Å². The van der Waals surface area contributed by atoms with Gasteiger partial charge in [-0.3, -0.25) is 9.79 Å². The molecule has 4 aliphatic rings. The van der Waals surface area contributed by atoms with Crippen LogP contribution in [0.4, 0.5) is 0 Å². The van der Waals surface area contributed by atoms with Gasteiger partial charge in [-0.1, -0.05) is 6.42 Å². The lowest BCUT2D eigenvalue weighted by Crippen LogP contribution is -2.72. The highest BCUT2D eigenvalue weighted by atomic mass is 127. The molecular formula is C21H36IN3O3. The number of ether oxygens (including phenoxy) is 2. The maximum atomic E-state index is 11.9. The number of hydrogen-bond donors (Lipinski definition) is 2. The molecule has 0 aromatic heterocycles. The Kier molecular flexibility index (Phi) is 7.50. The zero-order chi connectivity index (χ0) is 18.9. The summed E-state index contributed by atoms with van der Waals surface area (Å²) < 4.78 is 11.2. The Balaban J connectivity index is 0.00000225. The van der Waals surface area contributed by atoms with Crippen molar-refractivity contribution in [3.8, 4) is 0 Å². The lowest BCUT2D eigenvalue weighted by molar-refractivity contribution is -0.171. The molecule has 3 saturated carbocycles. The number of hydrogen-bond acceptors (Lipinski definition) is 4. The molecule has 0 amide bonds.